The number of benzene rings is 2. The molecule has 21 heavy (non-hydrogen) atoms. The third kappa shape index (κ3) is 3.88. The zero-order valence-corrected chi connectivity index (χ0v) is 13.3. The van der Waals surface area contributed by atoms with Crippen LogP contribution in [0.2, 0.25) is 10.0 Å². The maximum atomic E-state index is 14.0. The van der Waals surface area contributed by atoms with Crippen LogP contribution in [0.25, 0.3) is 0 Å². The van der Waals surface area contributed by atoms with Gasteiger partial charge >= 0.3 is 0 Å². The number of hydrogen-bond acceptors (Lipinski definition) is 2. The van der Waals surface area contributed by atoms with E-state index >= 15 is 0 Å². The molecule has 1 atom stereocenters. The Morgan fingerprint density at radius 1 is 1.19 bits per heavy atom. The zero-order valence-electron chi connectivity index (χ0n) is 11.8. The molecule has 0 aliphatic carbocycles. The first-order valence-electron chi connectivity index (χ1n) is 6.55. The van der Waals surface area contributed by atoms with Gasteiger partial charge in [0, 0.05) is 21.7 Å². The molecule has 0 radical (unpaired) electrons. The van der Waals surface area contributed by atoms with Gasteiger partial charge in [-0.2, -0.15) is 0 Å². The summed E-state index contributed by atoms with van der Waals surface area (Å²) in [7, 11) is 1.83. The first-order valence-corrected chi connectivity index (χ1v) is 7.31. The molecule has 0 fully saturated rings. The maximum Gasteiger partial charge on any atom is 0.165 e. The quantitative estimate of drug-likeness (QED) is 0.835. The van der Waals surface area contributed by atoms with Crippen molar-refractivity contribution in [3.8, 4) is 5.75 Å². The molecule has 0 spiro atoms. The predicted octanol–water partition coefficient (Wildman–Crippen LogP) is 4.99. The molecule has 2 aromatic rings. The van der Waals surface area contributed by atoms with Crippen LogP contribution in [0.3, 0.4) is 0 Å². The summed E-state index contributed by atoms with van der Waals surface area (Å²) < 4.78 is 19.5. The van der Waals surface area contributed by atoms with Gasteiger partial charge in [-0.1, -0.05) is 35.3 Å². The molecule has 5 heteroatoms. The molecular weight excluding hydrogens is 312 g/mol. The molecule has 2 rings (SSSR count). The second kappa shape index (κ2) is 7.12. The van der Waals surface area contributed by atoms with Gasteiger partial charge in [-0.05, 0) is 43.8 Å². The van der Waals surface area contributed by atoms with Gasteiger partial charge in [0.25, 0.3) is 0 Å². The standard InChI is InChI=1S/C16H16Cl2FNO/c1-10(20-2)11-6-7-16(15(19)8-11)21-9-12-13(17)4-3-5-14(12)18/h3-8,10,20H,9H2,1-2H3. The summed E-state index contributed by atoms with van der Waals surface area (Å²) in [5.74, 6) is -0.226. The largest absolute Gasteiger partial charge is 0.486 e. The van der Waals surface area contributed by atoms with Crippen molar-refractivity contribution in [1.82, 2.24) is 5.32 Å². The Balaban J connectivity index is 2.14. The molecule has 2 nitrogen and oxygen atoms in total. The fraction of sp³-hybridized carbons (Fsp3) is 0.250. The smallest absolute Gasteiger partial charge is 0.165 e. The summed E-state index contributed by atoms with van der Waals surface area (Å²) in [5, 5.41) is 4.06. The van der Waals surface area contributed by atoms with Gasteiger partial charge in [0.05, 0.1) is 0 Å². The van der Waals surface area contributed by atoms with E-state index in [0.717, 1.165) is 5.56 Å². The van der Waals surface area contributed by atoms with Crippen LogP contribution in [0.5, 0.6) is 5.75 Å². The van der Waals surface area contributed by atoms with E-state index in [2.05, 4.69) is 5.32 Å². The first kappa shape index (κ1) is 16.1. The molecule has 1 unspecified atom stereocenters. The molecule has 0 saturated carbocycles. The molecule has 0 amide bonds. The molecule has 0 aromatic heterocycles. The van der Waals surface area contributed by atoms with Gasteiger partial charge < -0.3 is 10.1 Å². The molecule has 0 bridgehead atoms. The first-order chi connectivity index (χ1) is 10.0. The summed E-state index contributed by atoms with van der Waals surface area (Å²) in [6.07, 6.45) is 0. The van der Waals surface area contributed by atoms with Crippen LogP contribution in [-0.2, 0) is 6.61 Å². The van der Waals surface area contributed by atoms with Crippen molar-refractivity contribution in [1.29, 1.82) is 0 Å². The molecule has 112 valence electrons. The van der Waals surface area contributed by atoms with Crippen LogP contribution in [0, 0.1) is 5.82 Å². The van der Waals surface area contributed by atoms with Crippen LogP contribution in [0.15, 0.2) is 36.4 Å². The highest BCUT2D eigenvalue weighted by molar-refractivity contribution is 6.35. The van der Waals surface area contributed by atoms with Gasteiger partial charge in [0.2, 0.25) is 0 Å². The van der Waals surface area contributed by atoms with E-state index in [9.17, 15) is 4.39 Å². The Hall–Kier alpha value is -1.29. The van der Waals surface area contributed by atoms with Gasteiger partial charge in [-0.3, -0.25) is 0 Å². The van der Waals surface area contributed by atoms with Crippen molar-refractivity contribution < 1.29 is 9.13 Å². The second-order valence-electron chi connectivity index (χ2n) is 4.69. The average Bonchev–Trinajstić information content (AvgIpc) is 2.47. The maximum absolute atomic E-state index is 14.0. The minimum Gasteiger partial charge on any atom is -0.486 e. The Morgan fingerprint density at radius 2 is 1.86 bits per heavy atom. The topological polar surface area (TPSA) is 21.3 Å². The van der Waals surface area contributed by atoms with Crippen LogP contribution in [0.1, 0.15) is 24.1 Å². The van der Waals surface area contributed by atoms with Crippen molar-refractivity contribution in [2.24, 2.45) is 0 Å². The highest BCUT2D eigenvalue weighted by Gasteiger charge is 2.11. The van der Waals surface area contributed by atoms with Crippen molar-refractivity contribution >= 4 is 23.2 Å². The zero-order chi connectivity index (χ0) is 15.4. The van der Waals surface area contributed by atoms with E-state index in [0.29, 0.717) is 15.6 Å². The van der Waals surface area contributed by atoms with E-state index in [1.807, 2.05) is 20.0 Å². The van der Waals surface area contributed by atoms with Gasteiger partial charge in [-0.25, -0.2) is 4.39 Å². The number of rotatable bonds is 5. The number of ether oxygens (including phenoxy) is 1. The Morgan fingerprint density at radius 3 is 2.43 bits per heavy atom. The minimum absolute atomic E-state index is 0.0755. The molecule has 1 N–H and O–H groups in total. The third-order valence-corrected chi connectivity index (χ3v) is 4.03. The van der Waals surface area contributed by atoms with Crippen LogP contribution in [0.4, 0.5) is 4.39 Å². The van der Waals surface area contributed by atoms with Gasteiger partial charge in [0.15, 0.2) is 11.6 Å². The van der Waals surface area contributed by atoms with Crippen LogP contribution >= 0.6 is 23.2 Å². The Labute approximate surface area is 133 Å². The van der Waals surface area contributed by atoms with E-state index in [4.69, 9.17) is 27.9 Å². The average molecular weight is 328 g/mol. The van der Waals surface area contributed by atoms with E-state index in [1.54, 1.807) is 24.3 Å². The summed E-state index contributed by atoms with van der Waals surface area (Å²) in [4.78, 5) is 0. The van der Waals surface area contributed by atoms with Crippen LogP contribution < -0.4 is 10.1 Å². The molecular formula is C16H16Cl2FNO. The molecule has 0 aliphatic rings. The van der Waals surface area contributed by atoms with Crippen molar-refractivity contribution in [3.63, 3.8) is 0 Å². The number of nitrogens with one attached hydrogen (secondary N) is 1. The molecule has 0 aliphatic heterocycles. The third-order valence-electron chi connectivity index (χ3n) is 3.32. The lowest BCUT2D eigenvalue weighted by Gasteiger charge is -2.13. The van der Waals surface area contributed by atoms with Gasteiger partial charge in [-0.15, -0.1) is 0 Å². The summed E-state index contributed by atoms with van der Waals surface area (Å²) in [6, 6.07) is 10.2. The van der Waals surface area contributed by atoms with E-state index in [-0.39, 0.29) is 18.4 Å². The minimum atomic E-state index is -0.405. The summed E-state index contributed by atoms with van der Waals surface area (Å²) in [6.45, 7) is 2.08. The fourth-order valence-electron chi connectivity index (χ4n) is 1.89. The van der Waals surface area contributed by atoms with Crippen molar-refractivity contribution in [3.05, 3.63) is 63.4 Å². The summed E-state index contributed by atoms with van der Waals surface area (Å²) in [5.41, 5.74) is 1.51. The monoisotopic (exact) mass is 327 g/mol. The van der Waals surface area contributed by atoms with E-state index < -0.39 is 5.82 Å². The highest BCUT2D eigenvalue weighted by atomic mass is 35.5. The SMILES string of the molecule is CNC(C)c1ccc(OCc2c(Cl)cccc2Cl)c(F)c1. The van der Waals surface area contributed by atoms with E-state index in [1.165, 1.54) is 6.07 Å². The second-order valence-corrected chi connectivity index (χ2v) is 5.50. The van der Waals surface area contributed by atoms with Crippen molar-refractivity contribution in [2.75, 3.05) is 7.05 Å². The normalized spacial score (nSPS) is 12.2. The molecule has 0 heterocycles. The predicted molar refractivity (Wildman–Crippen MR) is 84.7 cm³/mol. The number of halogens is 3. The fourth-order valence-corrected chi connectivity index (χ4v) is 2.40. The summed E-state index contributed by atoms with van der Waals surface area (Å²) >= 11 is 12.1. The lowest BCUT2D eigenvalue weighted by molar-refractivity contribution is 0.290. The molecule has 0 saturated heterocycles. The van der Waals surface area contributed by atoms with Crippen LogP contribution in [-0.4, -0.2) is 7.05 Å². The molecule has 2 aromatic carbocycles. The van der Waals surface area contributed by atoms with Crippen molar-refractivity contribution in [2.45, 2.75) is 19.6 Å². The highest BCUT2D eigenvalue weighted by Crippen LogP contribution is 2.27. The number of hydrogen-bond donors (Lipinski definition) is 1. The Bertz CT molecular complexity index is 613. The van der Waals surface area contributed by atoms with Gasteiger partial charge in [0.1, 0.15) is 6.61 Å². The lowest BCUT2D eigenvalue weighted by Crippen LogP contribution is -2.12. The Kier molecular flexibility index (Phi) is 5.45. The lowest BCUT2D eigenvalue weighted by atomic mass is 10.1.